The molecule has 30 heavy (non-hydrogen) atoms. The zero-order valence-electron chi connectivity index (χ0n) is 16.7. The number of hydrogen-bond acceptors (Lipinski definition) is 7. The number of phenolic OH excluding ortho intramolecular Hbond substituents is 2. The van der Waals surface area contributed by atoms with Crippen LogP contribution < -0.4 is 21.4 Å². The van der Waals surface area contributed by atoms with Crippen LogP contribution in [0.5, 0.6) is 11.5 Å². The predicted octanol–water partition coefficient (Wildman–Crippen LogP) is 0.187. The van der Waals surface area contributed by atoms with Gasteiger partial charge in [0, 0.05) is 25.0 Å². The maximum atomic E-state index is 12.7. The highest BCUT2D eigenvalue weighted by atomic mass is 16.3. The van der Waals surface area contributed by atoms with Crippen LogP contribution in [0.1, 0.15) is 0 Å². The van der Waals surface area contributed by atoms with E-state index in [4.69, 9.17) is 5.11 Å². The molecular weight excluding hydrogens is 386 g/mol. The summed E-state index contributed by atoms with van der Waals surface area (Å²) >= 11 is 0. The van der Waals surface area contributed by atoms with Gasteiger partial charge in [0.2, 0.25) is 0 Å². The van der Waals surface area contributed by atoms with Gasteiger partial charge in [-0.05, 0) is 31.3 Å². The Bertz CT molecular complexity index is 1320. The lowest BCUT2D eigenvalue weighted by Crippen LogP contribution is -2.22. The fraction of sp³-hybridized carbons (Fsp3) is 0.333. The van der Waals surface area contributed by atoms with Gasteiger partial charge in [0.25, 0.3) is 0 Å². The number of H-pyrrole nitrogens is 1. The van der Waals surface area contributed by atoms with E-state index in [1.807, 2.05) is 23.9 Å². The fourth-order valence-electron chi connectivity index (χ4n) is 3.91. The molecule has 1 aromatic heterocycles. The Morgan fingerprint density at radius 1 is 1.03 bits per heavy atom. The molecule has 158 valence electrons. The Kier molecular flexibility index (Phi) is 5.58. The highest BCUT2D eigenvalue weighted by Gasteiger charge is 2.21. The Balaban J connectivity index is 2.05. The van der Waals surface area contributed by atoms with Crippen molar-refractivity contribution in [3.63, 3.8) is 0 Å². The number of rotatable bonds is 8. The number of phenols is 2. The van der Waals surface area contributed by atoms with Gasteiger partial charge in [-0.3, -0.25) is 19.6 Å². The molecule has 0 aliphatic rings. The molecule has 9 heteroatoms. The SMILES string of the molecule is CNCCn1[nH]c2c3c(=O)ccc(O)c3c(O)c3c(=NCCNCCO)ccc1c32. The summed E-state index contributed by atoms with van der Waals surface area (Å²) in [4.78, 5) is 17.3. The Hall–Kier alpha value is -3.14. The number of aromatic hydroxyl groups is 2. The van der Waals surface area contributed by atoms with Gasteiger partial charge in [-0.2, -0.15) is 0 Å². The van der Waals surface area contributed by atoms with Crippen LogP contribution in [0.4, 0.5) is 0 Å². The average Bonchev–Trinajstić information content (AvgIpc) is 3.11. The Labute approximate surface area is 171 Å². The van der Waals surface area contributed by atoms with E-state index in [0.29, 0.717) is 54.4 Å². The van der Waals surface area contributed by atoms with Crippen LogP contribution >= 0.6 is 0 Å². The van der Waals surface area contributed by atoms with E-state index < -0.39 is 0 Å². The van der Waals surface area contributed by atoms with Crippen LogP contribution in [0.2, 0.25) is 0 Å². The first kappa shape index (κ1) is 20.1. The fourth-order valence-corrected chi connectivity index (χ4v) is 3.91. The second-order valence-electron chi connectivity index (χ2n) is 7.13. The number of likely N-dealkylation sites (N-methyl/N-ethyl adjacent to an activating group) is 1. The summed E-state index contributed by atoms with van der Waals surface area (Å²) in [5.74, 6) is -0.308. The van der Waals surface area contributed by atoms with Crippen molar-refractivity contribution in [3.8, 4) is 11.5 Å². The summed E-state index contributed by atoms with van der Waals surface area (Å²) < 4.78 is 1.92. The monoisotopic (exact) mass is 411 g/mol. The van der Waals surface area contributed by atoms with Crippen LogP contribution in [-0.2, 0) is 6.54 Å². The first-order valence-corrected chi connectivity index (χ1v) is 9.90. The van der Waals surface area contributed by atoms with Crippen molar-refractivity contribution in [2.75, 3.05) is 39.8 Å². The third-order valence-corrected chi connectivity index (χ3v) is 5.26. The van der Waals surface area contributed by atoms with Crippen LogP contribution in [0.25, 0.3) is 32.6 Å². The van der Waals surface area contributed by atoms with Crippen LogP contribution in [0, 0.1) is 0 Å². The molecule has 0 aliphatic carbocycles. The maximum Gasteiger partial charge on any atom is 0.189 e. The molecule has 0 radical (unpaired) electrons. The topological polar surface area (TPSA) is 135 Å². The lowest BCUT2D eigenvalue weighted by Gasteiger charge is -2.09. The summed E-state index contributed by atoms with van der Waals surface area (Å²) in [6.07, 6.45) is 0. The van der Waals surface area contributed by atoms with E-state index in [1.54, 1.807) is 0 Å². The van der Waals surface area contributed by atoms with Crippen molar-refractivity contribution < 1.29 is 15.3 Å². The molecule has 9 nitrogen and oxygen atoms in total. The lowest BCUT2D eigenvalue weighted by atomic mass is 9.99. The lowest BCUT2D eigenvalue weighted by molar-refractivity contribution is 0.293. The smallest absolute Gasteiger partial charge is 0.189 e. The van der Waals surface area contributed by atoms with Gasteiger partial charge < -0.3 is 26.0 Å². The standard InChI is InChI=1S/C21H25N5O4/c1-22-8-10-26-13-3-2-12(24-7-6-23-9-11-27)16-17(13)20(25-26)18-14(28)4-5-15(29)19(18)21(16)30/h2-5,22-23,25,27,29-30H,6-11H2,1H3. The van der Waals surface area contributed by atoms with E-state index in [9.17, 15) is 15.0 Å². The zero-order valence-corrected chi connectivity index (χ0v) is 16.7. The predicted molar refractivity (Wildman–Crippen MR) is 116 cm³/mol. The molecular formula is C21H25N5O4. The molecule has 0 saturated heterocycles. The molecule has 0 bridgehead atoms. The van der Waals surface area contributed by atoms with Gasteiger partial charge in [-0.25, -0.2) is 0 Å². The van der Waals surface area contributed by atoms with Gasteiger partial charge >= 0.3 is 0 Å². The number of nitrogens with zero attached hydrogens (tertiary/aromatic N) is 2. The number of aromatic amines is 1. The summed E-state index contributed by atoms with van der Waals surface area (Å²) in [5, 5.41) is 42.0. The van der Waals surface area contributed by atoms with Crippen molar-refractivity contribution in [2.24, 2.45) is 4.99 Å². The van der Waals surface area contributed by atoms with E-state index in [1.165, 1.54) is 12.1 Å². The van der Waals surface area contributed by atoms with Crippen LogP contribution in [0.15, 0.2) is 34.1 Å². The number of aliphatic hydroxyl groups excluding tert-OH is 1. The highest BCUT2D eigenvalue weighted by Crippen LogP contribution is 2.41. The zero-order chi connectivity index (χ0) is 21.3. The van der Waals surface area contributed by atoms with Crippen LogP contribution in [-0.4, -0.2) is 64.9 Å². The number of aliphatic hydroxyl groups is 1. The molecule has 4 aromatic rings. The molecule has 0 aliphatic heterocycles. The molecule has 0 atom stereocenters. The molecule has 0 saturated carbocycles. The molecule has 0 unspecified atom stereocenters. The quantitative estimate of drug-likeness (QED) is 0.181. The molecule has 0 amide bonds. The first-order valence-electron chi connectivity index (χ1n) is 9.90. The summed E-state index contributed by atoms with van der Waals surface area (Å²) in [7, 11) is 1.86. The Morgan fingerprint density at radius 2 is 1.87 bits per heavy atom. The largest absolute Gasteiger partial charge is 0.507 e. The van der Waals surface area contributed by atoms with Gasteiger partial charge in [0.05, 0.1) is 52.2 Å². The third-order valence-electron chi connectivity index (χ3n) is 5.26. The molecule has 0 fully saturated rings. The molecule has 4 rings (SSSR count). The number of nitrogens with one attached hydrogen (secondary N) is 3. The molecule has 1 heterocycles. The minimum atomic E-state index is -0.278. The molecule has 6 N–H and O–H groups in total. The minimum absolute atomic E-state index is 0.0543. The summed E-state index contributed by atoms with van der Waals surface area (Å²) in [6.45, 7) is 2.92. The maximum absolute atomic E-state index is 12.7. The van der Waals surface area contributed by atoms with Crippen molar-refractivity contribution in [1.82, 2.24) is 20.4 Å². The number of hydrogen-bond donors (Lipinski definition) is 6. The van der Waals surface area contributed by atoms with Gasteiger partial charge in [0.15, 0.2) is 5.43 Å². The van der Waals surface area contributed by atoms with Crippen molar-refractivity contribution in [3.05, 3.63) is 39.8 Å². The normalized spacial score (nSPS) is 12.7. The molecule has 0 spiro atoms. The minimum Gasteiger partial charge on any atom is -0.507 e. The second-order valence-corrected chi connectivity index (χ2v) is 7.13. The molecule has 3 aromatic carbocycles. The van der Waals surface area contributed by atoms with Crippen molar-refractivity contribution >= 4 is 32.6 Å². The summed E-state index contributed by atoms with van der Waals surface area (Å²) in [5.41, 5.74) is 1.13. The average molecular weight is 411 g/mol. The number of fused-ring (bicyclic) bond motifs is 2. The highest BCUT2D eigenvalue weighted by molar-refractivity contribution is 6.23. The van der Waals surface area contributed by atoms with E-state index in [0.717, 1.165) is 5.52 Å². The second kappa shape index (κ2) is 8.31. The Morgan fingerprint density at radius 3 is 2.63 bits per heavy atom. The van der Waals surface area contributed by atoms with Crippen molar-refractivity contribution in [1.29, 1.82) is 0 Å². The summed E-state index contributed by atoms with van der Waals surface area (Å²) in [6, 6.07) is 6.35. The number of aromatic nitrogens is 2. The number of benzene rings is 3. The van der Waals surface area contributed by atoms with Gasteiger partial charge in [0.1, 0.15) is 11.5 Å². The third kappa shape index (κ3) is 3.26. The van der Waals surface area contributed by atoms with Gasteiger partial charge in [-0.1, -0.05) is 0 Å². The van der Waals surface area contributed by atoms with Crippen molar-refractivity contribution in [2.45, 2.75) is 6.54 Å². The first-order chi connectivity index (χ1) is 14.6. The van der Waals surface area contributed by atoms with E-state index in [-0.39, 0.29) is 34.3 Å². The van der Waals surface area contributed by atoms with Crippen LogP contribution in [0.3, 0.4) is 0 Å². The van der Waals surface area contributed by atoms with E-state index >= 15 is 0 Å². The van der Waals surface area contributed by atoms with Gasteiger partial charge in [-0.15, -0.1) is 0 Å². The van der Waals surface area contributed by atoms with E-state index in [2.05, 4.69) is 20.7 Å².